The van der Waals surface area contributed by atoms with Crippen molar-refractivity contribution in [3.63, 3.8) is 0 Å². The molecular weight excluding hydrogens is 521 g/mol. The van der Waals surface area contributed by atoms with Gasteiger partial charge in [-0.25, -0.2) is 0 Å². The predicted octanol–water partition coefficient (Wildman–Crippen LogP) is 8.16. The Morgan fingerprint density at radius 1 is 0.381 bits per heavy atom. The molecule has 0 nitrogen and oxygen atoms in total. The number of hydrogen-bond acceptors (Lipinski definition) is 0. The van der Waals surface area contributed by atoms with Gasteiger partial charge >= 0.3 is 0 Å². The van der Waals surface area contributed by atoms with Gasteiger partial charge in [-0.2, -0.15) is 0 Å². The van der Waals surface area contributed by atoms with E-state index < -0.39 is 8.07 Å². The van der Waals surface area contributed by atoms with Crippen LogP contribution in [0.4, 0.5) is 0 Å². The lowest BCUT2D eigenvalue weighted by Crippen LogP contribution is -2.65. The third kappa shape index (κ3) is 4.53. The SMILES string of the molecule is C[Si](c1ccccc1)(c1ccccc1)c1c2ccccc2c(C#Cc2ccc(-c3ccccc3)cc2)c2ccccc12. The van der Waals surface area contributed by atoms with E-state index in [0.29, 0.717) is 0 Å². The molecular formula is C41H30Si. The average Bonchev–Trinajstić information content (AvgIpc) is 3.08. The van der Waals surface area contributed by atoms with Crippen molar-refractivity contribution in [2.24, 2.45) is 0 Å². The minimum Gasteiger partial charge on any atom is -0.0624 e. The maximum Gasteiger partial charge on any atom is 0.147 e. The van der Waals surface area contributed by atoms with Gasteiger partial charge < -0.3 is 0 Å². The van der Waals surface area contributed by atoms with E-state index in [0.717, 1.165) is 11.1 Å². The molecule has 0 spiro atoms. The summed E-state index contributed by atoms with van der Waals surface area (Å²) in [5, 5.41) is 9.27. The van der Waals surface area contributed by atoms with Crippen LogP contribution in [0, 0.1) is 11.8 Å². The normalized spacial score (nSPS) is 11.3. The highest BCUT2D eigenvalue weighted by molar-refractivity contribution is 7.12. The van der Waals surface area contributed by atoms with Crippen molar-refractivity contribution >= 4 is 45.2 Å². The largest absolute Gasteiger partial charge is 0.147 e. The smallest absolute Gasteiger partial charge is 0.0624 e. The molecule has 7 rings (SSSR count). The molecule has 198 valence electrons. The molecule has 1 heteroatoms. The number of hydrogen-bond donors (Lipinski definition) is 0. The molecule has 0 saturated heterocycles. The van der Waals surface area contributed by atoms with E-state index in [9.17, 15) is 0 Å². The zero-order valence-corrected chi connectivity index (χ0v) is 24.6. The van der Waals surface area contributed by atoms with Crippen LogP contribution in [-0.4, -0.2) is 8.07 Å². The molecule has 0 amide bonds. The van der Waals surface area contributed by atoms with Gasteiger partial charge in [0.1, 0.15) is 8.07 Å². The highest BCUT2D eigenvalue weighted by Crippen LogP contribution is 2.29. The summed E-state index contributed by atoms with van der Waals surface area (Å²) in [6, 6.07) is 59.0. The molecule has 7 aromatic carbocycles. The third-order valence-corrected chi connectivity index (χ3v) is 13.0. The first kappa shape index (κ1) is 25.8. The molecule has 0 aliphatic carbocycles. The lowest BCUT2D eigenvalue weighted by molar-refractivity contribution is 1.59. The van der Waals surface area contributed by atoms with Gasteiger partial charge in [0.25, 0.3) is 0 Å². The summed E-state index contributed by atoms with van der Waals surface area (Å²) in [5.74, 6) is 7.14. The van der Waals surface area contributed by atoms with Crippen LogP contribution in [0.2, 0.25) is 6.55 Å². The Balaban J connectivity index is 1.46. The highest BCUT2D eigenvalue weighted by Gasteiger charge is 2.37. The molecule has 0 bridgehead atoms. The van der Waals surface area contributed by atoms with Gasteiger partial charge in [-0.1, -0.05) is 170 Å². The van der Waals surface area contributed by atoms with Crippen LogP contribution >= 0.6 is 0 Å². The Hall–Kier alpha value is -5.16. The molecule has 0 N–H and O–H groups in total. The molecule has 0 aliphatic heterocycles. The monoisotopic (exact) mass is 550 g/mol. The van der Waals surface area contributed by atoms with Crippen molar-refractivity contribution in [1.82, 2.24) is 0 Å². The summed E-state index contributed by atoms with van der Waals surface area (Å²) in [6.45, 7) is 2.51. The van der Waals surface area contributed by atoms with Crippen LogP contribution in [-0.2, 0) is 0 Å². The van der Waals surface area contributed by atoms with Crippen molar-refractivity contribution in [3.05, 3.63) is 175 Å². The van der Waals surface area contributed by atoms with E-state index >= 15 is 0 Å². The molecule has 0 aromatic heterocycles. The molecule has 0 heterocycles. The lowest BCUT2D eigenvalue weighted by Gasteiger charge is -2.32. The number of fused-ring (bicyclic) bond motifs is 2. The summed E-state index contributed by atoms with van der Waals surface area (Å²) >= 11 is 0. The van der Waals surface area contributed by atoms with Crippen LogP contribution < -0.4 is 15.6 Å². The fourth-order valence-corrected chi connectivity index (χ4v) is 10.5. The van der Waals surface area contributed by atoms with E-state index in [4.69, 9.17) is 0 Å². The van der Waals surface area contributed by atoms with Crippen molar-refractivity contribution in [2.75, 3.05) is 0 Å². The zero-order chi connectivity index (χ0) is 28.4. The van der Waals surface area contributed by atoms with Crippen molar-refractivity contribution in [2.45, 2.75) is 6.55 Å². The van der Waals surface area contributed by atoms with Crippen LogP contribution in [0.3, 0.4) is 0 Å². The lowest BCUT2D eigenvalue weighted by atomic mass is 9.96. The van der Waals surface area contributed by atoms with Gasteiger partial charge in [0, 0.05) is 11.1 Å². The molecule has 0 atom stereocenters. The summed E-state index contributed by atoms with van der Waals surface area (Å²) in [7, 11) is -2.40. The molecule has 7 aromatic rings. The second kappa shape index (κ2) is 11.0. The fraction of sp³-hybridized carbons (Fsp3) is 0.0244. The van der Waals surface area contributed by atoms with Crippen LogP contribution in [0.15, 0.2) is 164 Å². The van der Waals surface area contributed by atoms with Crippen LogP contribution in [0.5, 0.6) is 0 Å². The Kier molecular flexibility index (Phi) is 6.76. The summed E-state index contributed by atoms with van der Waals surface area (Å²) in [4.78, 5) is 0. The summed E-state index contributed by atoms with van der Waals surface area (Å²) in [5.41, 5.74) is 4.52. The Labute approximate surface area is 248 Å². The maximum atomic E-state index is 3.63. The predicted molar refractivity (Wildman–Crippen MR) is 183 cm³/mol. The molecule has 0 aliphatic rings. The first-order valence-corrected chi connectivity index (χ1v) is 17.0. The first-order valence-electron chi connectivity index (χ1n) is 14.5. The third-order valence-electron chi connectivity index (χ3n) is 8.46. The number of benzene rings is 7. The van der Waals surface area contributed by atoms with E-state index in [-0.39, 0.29) is 0 Å². The quantitative estimate of drug-likeness (QED) is 0.0898. The zero-order valence-electron chi connectivity index (χ0n) is 23.6. The van der Waals surface area contributed by atoms with E-state index in [2.05, 4.69) is 176 Å². The fourth-order valence-electron chi connectivity index (χ4n) is 6.31. The van der Waals surface area contributed by atoms with E-state index in [1.807, 2.05) is 6.07 Å². The van der Waals surface area contributed by atoms with E-state index in [1.165, 1.54) is 48.2 Å². The molecule has 42 heavy (non-hydrogen) atoms. The maximum absolute atomic E-state index is 3.63. The first-order chi connectivity index (χ1) is 20.7. The highest BCUT2D eigenvalue weighted by atomic mass is 28.3. The Morgan fingerprint density at radius 3 is 1.29 bits per heavy atom. The molecule has 0 radical (unpaired) electrons. The van der Waals surface area contributed by atoms with Crippen molar-refractivity contribution < 1.29 is 0 Å². The van der Waals surface area contributed by atoms with Gasteiger partial charge in [0.05, 0.1) is 0 Å². The summed E-state index contributed by atoms with van der Waals surface area (Å²) in [6.07, 6.45) is 0. The summed E-state index contributed by atoms with van der Waals surface area (Å²) < 4.78 is 0. The standard InChI is InChI=1S/C41H30Si/c1-42(34-17-7-3-8-18-34,35-19-9-4-10-20-35)41-39-23-13-11-21-36(39)38(37-22-12-14-24-40(37)41)30-27-31-25-28-33(29-26-31)32-15-5-2-6-16-32/h2-26,28-29H,1H3. The van der Waals surface area contributed by atoms with Crippen LogP contribution in [0.25, 0.3) is 32.7 Å². The molecule has 0 fully saturated rings. The molecule has 0 unspecified atom stereocenters. The average molecular weight is 551 g/mol. The minimum absolute atomic E-state index is 1.01. The Morgan fingerprint density at radius 2 is 0.786 bits per heavy atom. The van der Waals surface area contributed by atoms with E-state index in [1.54, 1.807) is 0 Å². The number of rotatable bonds is 4. The van der Waals surface area contributed by atoms with Crippen LogP contribution in [0.1, 0.15) is 11.1 Å². The van der Waals surface area contributed by atoms with Gasteiger partial charge in [-0.05, 0) is 60.4 Å². The minimum atomic E-state index is -2.40. The van der Waals surface area contributed by atoms with Crippen molar-refractivity contribution in [3.8, 4) is 23.0 Å². The van der Waals surface area contributed by atoms with Crippen molar-refractivity contribution in [1.29, 1.82) is 0 Å². The molecule has 0 saturated carbocycles. The topological polar surface area (TPSA) is 0 Å². The van der Waals surface area contributed by atoms with Gasteiger partial charge in [0.15, 0.2) is 0 Å². The Bertz CT molecular complexity index is 1970. The van der Waals surface area contributed by atoms with Gasteiger partial charge in [0.2, 0.25) is 0 Å². The second-order valence-electron chi connectivity index (χ2n) is 10.9. The van der Waals surface area contributed by atoms with Gasteiger partial charge in [-0.3, -0.25) is 0 Å². The second-order valence-corrected chi connectivity index (χ2v) is 14.8. The van der Waals surface area contributed by atoms with Gasteiger partial charge in [-0.15, -0.1) is 0 Å².